The first-order valence-electron chi connectivity index (χ1n) is 12.5. The minimum atomic E-state index is -0.792. The van der Waals surface area contributed by atoms with E-state index in [1.165, 1.54) is 18.4 Å². The first-order valence-corrected chi connectivity index (χ1v) is 12.5. The number of aromatic nitrogens is 1. The Morgan fingerprint density at radius 2 is 2.03 bits per heavy atom. The van der Waals surface area contributed by atoms with Crippen LogP contribution in [0.2, 0.25) is 0 Å². The Hall–Kier alpha value is -3.00. The van der Waals surface area contributed by atoms with Crippen molar-refractivity contribution >= 4 is 17.7 Å². The van der Waals surface area contributed by atoms with Crippen molar-refractivity contribution in [3.8, 4) is 0 Å². The summed E-state index contributed by atoms with van der Waals surface area (Å²) in [5.41, 5.74) is -0.0693. The number of anilines is 1. The van der Waals surface area contributed by atoms with E-state index in [-0.39, 0.29) is 42.2 Å². The number of nitrogens with one attached hydrogen (secondary N) is 2. The Morgan fingerprint density at radius 3 is 2.71 bits per heavy atom. The third-order valence-electron chi connectivity index (χ3n) is 7.46. The van der Waals surface area contributed by atoms with Crippen LogP contribution in [0.1, 0.15) is 56.9 Å². The molecule has 0 saturated heterocycles. The lowest BCUT2D eigenvalue weighted by Crippen LogP contribution is -2.48. The normalized spacial score (nSPS) is 23.5. The van der Waals surface area contributed by atoms with Gasteiger partial charge in [-0.25, -0.2) is 4.39 Å². The van der Waals surface area contributed by atoms with E-state index in [0.29, 0.717) is 25.2 Å². The van der Waals surface area contributed by atoms with E-state index in [0.717, 1.165) is 44.1 Å². The van der Waals surface area contributed by atoms with E-state index in [2.05, 4.69) is 22.4 Å². The fraction of sp³-hybridized carbons (Fsp3) is 0.519. The van der Waals surface area contributed by atoms with Gasteiger partial charge < -0.3 is 19.9 Å². The smallest absolute Gasteiger partial charge is 0.316 e. The van der Waals surface area contributed by atoms with Gasteiger partial charge in [0.1, 0.15) is 18.2 Å². The predicted molar refractivity (Wildman–Crippen MR) is 130 cm³/mol. The first kappa shape index (κ1) is 25.1. The number of carbonyl (C=O) groups excluding carboxylic acids is 2. The highest BCUT2D eigenvalue weighted by molar-refractivity contribution is 5.91. The van der Waals surface area contributed by atoms with Crippen molar-refractivity contribution in [2.45, 2.75) is 62.9 Å². The van der Waals surface area contributed by atoms with Crippen molar-refractivity contribution in [1.29, 1.82) is 0 Å². The van der Waals surface area contributed by atoms with Gasteiger partial charge in [-0.15, -0.1) is 6.58 Å². The molecule has 0 radical (unpaired) electrons. The summed E-state index contributed by atoms with van der Waals surface area (Å²) in [5.74, 6) is 0.00498. The van der Waals surface area contributed by atoms with Crippen LogP contribution < -0.4 is 10.6 Å². The number of allylic oxidation sites excluding steroid dienone is 1. The molecule has 0 aliphatic heterocycles. The summed E-state index contributed by atoms with van der Waals surface area (Å²) < 4.78 is 24.9. The molecule has 7 nitrogen and oxygen atoms in total. The van der Waals surface area contributed by atoms with Gasteiger partial charge in [0.15, 0.2) is 5.82 Å². The van der Waals surface area contributed by atoms with Crippen LogP contribution in [0.25, 0.3) is 0 Å². The summed E-state index contributed by atoms with van der Waals surface area (Å²) in [4.78, 5) is 25.6. The number of esters is 1. The highest BCUT2D eigenvalue weighted by atomic mass is 19.1. The molecule has 2 N–H and O–H groups in total. The third kappa shape index (κ3) is 5.99. The molecule has 3 atom stereocenters. The van der Waals surface area contributed by atoms with Gasteiger partial charge in [0.2, 0.25) is 5.91 Å². The van der Waals surface area contributed by atoms with Crippen LogP contribution in [0.4, 0.5) is 10.2 Å². The zero-order valence-electron chi connectivity index (χ0n) is 20.0. The Morgan fingerprint density at radius 1 is 1.23 bits per heavy atom. The summed E-state index contributed by atoms with van der Waals surface area (Å²) in [7, 11) is 0. The summed E-state index contributed by atoms with van der Waals surface area (Å²) in [6.07, 6.45) is 9.96. The molecule has 2 unspecified atom stereocenters. The Bertz CT molecular complexity index is 1000. The Kier molecular flexibility index (Phi) is 8.33. The summed E-state index contributed by atoms with van der Waals surface area (Å²) in [6.45, 7) is 4.68. The van der Waals surface area contributed by atoms with Crippen molar-refractivity contribution in [3.05, 3.63) is 60.6 Å². The Labute approximate surface area is 205 Å². The van der Waals surface area contributed by atoms with Gasteiger partial charge >= 0.3 is 5.97 Å². The number of ether oxygens (including phenoxy) is 1. The van der Waals surface area contributed by atoms with E-state index in [1.54, 1.807) is 12.1 Å². The fourth-order valence-electron chi connectivity index (χ4n) is 5.42. The van der Waals surface area contributed by atoms with Crippen LogP contribution in [0.5, 0.6) is 0 Å². The second-order valence-corrected chi connectivity index (χ2v) is 9.65. The van der Waals surface area contributed by atoms with Gasteiger partial charge in [-0.05, 0) is 55.8 Å². The molecular formula is C27H34FN3O4. The molecule has 35 heavy (non-hydrogen) atoms. The van der Waals surface area contributed by atoms with Crippen LogP contribution in [-0.4, -0.2) is 36.2 Å². The van der Waals surface area contributed by atoms with Gasteiger partial charge in [0, 0.05) is 12.0 Å². The molecule has 2 aliphatic rings. The maximum atomic E-state index is 14.1. The monoisotopic (exact) mass is 483 g/mol. The summed E-state index contributed by atoms with van der Waals surface area (Å²) >= 11 is 0. The quantitative estimate of drug-likeness (QED) is 0.219. The SMILES string of the molecule is C=CC1C[C@H](OC(=O)C2(c3cccc(F)c3)CCCCCC2)C1CCNCC(=O)Nc1ccon1. The molecule has 0 spiro atoms. The predicted octanol–water partition coefficient (Wildman–Crippen LogP) is 4.76. The molecule has 1 aromatic heterocycles. The van der Waals surface area contributed by atoms with Gasteiger partial charge in [-0.3, -0.25) is 9.59 Å². The van der Waals surface area contributed by atoms with Crippen LogP contribution in [0, 0.1) is 17.7 Å². The number of benzene rings is 1. The molecule has 2 aromatic rings. The minimum absolute atomic E-state index is 0.137. The van der Waals surface area contributed by atoms with Gasteiger partial charge in [-0.1, -0.05) is 49.0 Å². The Balaban J connectivity index is 1.35. The van der Waals surface area contributed by atoms with Crippen molar-refractivity contribution < 1.29 is 23.2 Å². The number of hydrogen-bond acceptors (Lipinski definition) is 6. The van der Waals surface area contributed by atoms with E-state index in [4.69, 9.17) is 9.26 Å². The van der Waals surface area contributed by atoms with Crippen molar-refractivity contribution in [3.63, 3.8) is 0 Å². The minimum Gasteiger partial charge on any atom is -0.461 e. The average molecular weight is 484 g/mol. The van der Waals surface area contributed by atoms with Crippen molar-refractivity contribution in [1.82, 2.24) is 10.5 Å². The summed E-state index contributed by atoms with van der Waals surface area (Å²) in [5, 5.41) is 9.43. The van der Waals surface area contributed by atoms with E-state index in [9.17, 15) is 14.0 Å². The number of carbonyl (C=O) groups is 2. The van der Waals surface area contributed by atoms with Crippen LogP contribution >= 0.6 is 0 Å². The van der Waals surface area contributed by atoms with Gasteiger partial charge in [0.05, 0.1) is 12.0 Å². The maximum Gasteiger partial charge on any atom is 0.316 e. The van der Waals surface area contributed by atoms with Gasteiger partial charge in [0.25, 0.3) is 0 Å². The molecule has 8 heteroatoms. The van der Waals surface area contributed by atoms with Crippen molar-refractivity contribution in [2.24, 2.45) is 11.8 Å². The molecule has 1 heterocycles. The molecule has 0 bridgehead atoms. The lowest BCUT2D eigenvalue weighted by molar-refractivity contribution is -0.169. The number of hydrogen-bond donors (Lipinski definition) is 2. The topological polar surface area (TPSA) is 93.5 Å². The lowest BCUT2D eigenvalue weighted by Gasteiger charge is -2.44. The molecule has 2 aliphatic carbocycles. The average Bonchev–Trinajstić information content (AvgIpc) is 3.21. The van der Waals surface area contributed by atoms with E-state index in [1.807, 2.05) is 12.1 Å². The zero-order chi connectivity index (χ0) is 24.7. The number of amides is 1. The van der Waals surface area contributed by atoms with Gasteiger partial charge in [-0.2, -0.15) is 0 Å². The number of halogens is 1. The number of nitrogens with zero attached hydrogens (tertiary/aromatic N) is 1. The standard InChI is InChI=1S/C27H34FN3O4/c1-2-19-16-23(22(19)10-14-29-18-25(32)30-24-11-15-34-31-24)35-26(33)27(12-5-3-4-6-13-27)20-8-7-9-21(28)17-20/h2,7-9,11,15,17,19,22-23,29H,1,3-6,10,12-14,16,18H2,(H,30,31,32)/t19?,22?,23-/m0/s1. The number of rotatable bonds is 10. The van der Waals surface area contributed by atoms with E-state index < -0.39 is 5.41 Å². The van der Waals surface area contributed by atoms with E-state index >= 15 is 0 Å². The van der Waals surface area contributed by atoms with Crippen LogP contribution in [-0.2, 0) is 19.7 Å². The highest BCUT2D eigenvalue weighted by Crippen LogP contribution is 2.44. The molecule has 2 fully saturated rings. The second-order valence-electron chi connectivity index (χ2n) is 9.65. The first-order chi connectivity index (χ1) is 17.0. The molecule has 4 rings (SSSR count). The third-order valence-corrected chi connectivity index (χ3v) is 7.46. The molecular weight excluding hydrogens is 449 g/mol. The van der Waals surface area contributed by atoms with Crippen LogP contribution in [0.15, 0.2) is 53.8 Å². The van der Waals surface area contributed by atoms with Crippen molar-refractivity contribution in [2.75, 3.05) is 18.4 Å². The summed E-state index contributed by atoms with van der Waals surface area (Å²) in [6, 6.07) is 8.01. The fourth-order valence-corrected chi connectivity index (χ4v) is 5.42. The second kappa shape index (κ2) is 11.6. The molecule has 1 aromatic carbocycles. The highest BCUT2D eigenvalue weighted by Gasteiger charge is 2.47. The zero-order valence-corrected chi connectivity index (χ0v) is 20.0. The maximum absolute atomic E-state index is 14.1. The molecule has 1 amide bonds. The van der Waals surface area contributed by atoms with Crippen LogP contribution in [0.3, 0.4) is 0 Å². The lowest BCUT2D eigenvalue weighted by atomic mass is 9.68. The largest absolute Gasteiger partial charge is 0.461 e. The molecule has 2 saturated carbocycles. The molecule has 188 valence electrons.